The maximum atomic E-state index is 14.2. The Morgan fingerprint density at radius 1 is 1.31 bits per heavy atom. The number of hydrogen-bond donors (Lipinski definition) is 1. The van der Waals surface area contributed by atoms with Crippen LogP contribution in [0.5, 0.6) is 17.2 Å². The minimum atomic E-state index is -1.34. The van der Waals surface area contributed by atoms with Gasteiger partial charge in [-0.3, -0.25) is 9.59 Å². The van der Waals surface area contributed by atoms with Crippen LogP contribution < -0.4 is 9.47 Å². The molecule has 1 saturated heterocycles. The number of methoxy groups -OCH3 is 1. The normalized spacial score (nSPS) is 31.8. The van der Waals surface area contributed by atoms with Crippen molar-refractivity contribution in [3.05, 3.63) is 53.1 Å². The zero-order valence-corrected chi connectivity index (χ0v) is 21.6. The molecule has 1 aromatic rings. The summed E-state index contributed by atoms with van der Waals surface area (Å²) in [5.41, 5.74) is -1.82. The number of carbonyl (C=O) groups is 2. The van der Waals surface area contributed by atoms with Gasteiger partial charge in [0.25, 0.3) is 0 Å². The van der Waals surface area contributed by atoms with Crippen LogP contribution in [0, 0.1) is 11.8 Å². The molecular weight excluding hydrogens is 444 g/mol. The van der Waals surface area contributed by atoms with E-state index in [9.17, 15) is 14.7 Å². The number of ether oxygens (including phenoxy) is 3. The molecule has 6 nitrogen and oxygen atoms in total. The van der Waals surface area contributed by atoms with Crippen molar-refractivity contribution in [2.45, 2.75) is 76.6 Å². The van der Waals surface area contributed by atoms with Gasteiger partial charge in [-0.25, -0.2) is 0 Å². The first-order valence-corrected chi connectivity index (χ1v) is 12.2. The van der Waals surface area contributed by atoms with Crippen molar-refractivity contribution in [3.63, 3.8) is 0 Å². The highest BCUT2D eigenvalue weighted by Crippen LogP contribution is 2.68. The summed E-state index contributed by atoms with van der Waals surface area (Å²) < 4.78 is 19.3. The van der Waals surface area contributed by atoms with Crippen LogP contribution in [0.4, 0.5) is 0 Å². The number of allylic oxidation sites excluding steroid dienone is 3. The number of benzene rings is 1. The maximum absolute atomic E-state index is 14.2. The van der Waals surface area contributed by atoms with Crippen molar-refractivity contribution in [3.8, 4) is 17.2 Å². The number of hydrogen-bond acceptors (Lipinski definition) is 6. The van der Waals surface area contributed by atoms with Crippen LogP contribution in [0.1, 0.15) is 70.3 Å². The molecule has 6 heteroatoms. The van der Waals surface area contributed by atoms with E-state index in [0.29, 0.717) is 29.7 Å². The summed E-state index contributed by atoms with van der Waals surface area (Å²) in [6, 6.07) is 1.46. The molecule has 1 aromatic carbocycles. The molecule has 4 bridgehead atoms. The van der Waals surface area contributed by atoms with Crippen molar-refractivity contribution in [2.75, 3.05) is 7.11 Å². The van der Waals surface area contributed by atoms with E-state index >= 15 is 0 Å². The highest BCUT2D eigenvalue weighted by atomic mass is 16.6. The van der Waals surface area contributed by atoms with Gasteiger partial charge in [0.15, 0.2) is 22.8 Å². The molecule has 1 N–H and O–H groups in total. The Balaban J connectivity index is 1.88. The third-order valence-electron chi connectivity index (χ3n) is 8.49. The minimum Gasteiger partial charge on any atom is -0.507 e. The number of aromatic hydroxyl groups is 1. The van der Waals surface area contributed by atoms with Gasteiger partial charge in [0.2, 0.25) is 0 Å². The predicted molar refractivity (Wildman–Crippen MR) is 132 cm³/mol. The van der Waals surface area contributed by atoms with Gasteiger partial charge in [0.05, 0.1) is 12.7 Å². The van der Waals surface area contributed by atoms with E-state index in [1.54, 1.807) is 12.2 Å². The van der Waals surface area contributed by atoms with E-state index in [0.717, 1.165) is 5.57 Å². The summed E-state index contributed by atoms with van der Waals surface area (Å²) >= 11 is 0. The summed E-state index contributed by atoms with van der Waals surface area (Å²) in [5, 5.41) is 11.0. The first kappa shape index (κ1) is 23.9. The van der Waals surface area contributed by atoms with E-state index in [1.165, 1.54) is 13.2 Å². The number of carbonyl (C=O) groups excluding carboxylic acids is 2. The van der Waals surface area contributed by atoms with Crippen molar-refractivity contribution >= 4 is 11.6 Å². The van der Waals surface area contributed by atoms with E-state index in [-0.39, 0.29) is 34.5 Å². The molecule has 35 heavy (non-hydrogen) atoms. The zero-order valence-electron chi connectivity index (χ0n) is 21.6. The summed E-state index contributed by atoms with van der Waals surface area (Å²) in [7, 11) is 1.51. The van der Waals surface area contributed by atoms with Crippen LogP contribution in [0.15, 0.2) is 42.0 Å². The monoisotopic (exact) mass is 478 g/mol. The smallest absolute Gasteiger partial charge is 0.200 e. The van der Waals surface area contributed by atoms with Gasteiger partial charge in [-0.15, -0.1) is 6.58 Å². The number of rotatable bonds is 5. The molecule has 1 spiro atoms. The quantitative estimate of drug-likeness (QED) is 0.584. The first-order valence-electron chi connectivity index (χ1n) is 12.2. The van der Waals surface area contributed by atoms with Gasteiger partial charge in [0, 0.05) is 40.9 Å². The Hall–Kier alpha value is -2.86. The fourth-order valence-corrected chi connectivity index (χ4v) is 6.79. The van der Waals surface area contributed by atoms with Gasteiger partial charge in [-0.1, -0.05) is 37.6 Å². The molecule has 186 valence electrons. The third kappa shape index (κ3) is 2.75. The van der Waals surface area contributed by atoms with Crippen LogP contribution in [-0.4, -0.2) is 40.6 Å². The second-order valence-electron chi connectivity index (χ2n) is 11.6. The van der Waals surface area contributed by atoms with Gasteiger partial charge in [0.1, 0.15) is 22.8 Å². The first-order chi connectivity index (χ1) is 16.3. The van der Waals surface area contributed by atoms with Crippen molar-refractivity contribution in [1.82, 2.24) is 0 Å². The van der Waals surface area contributed by atoms with E-state index in [4.69, 9.17) is 14.2 Å². The molecule has 0 amide bonds. The Kier molecular flexibility index (Phi) is 4.84. The summed E-state index contributed by atoms with van der Waals surface area (Å²) in [5.74, 6) is -0.596. The van der Waals surface area contributed by atoms with Gasteiger partial charge in [-0.2, -0.15) is 0 Å². The van der Waals surface area contributed by atoms with Crippen LogP contribution in [0.25, 0.3) is 0 Å². The molecule has 0 unspecified atom stereocenters. The average molecular weight is 479 g/mol. The molecule has 4 atom stereocenters. The molecule has 2 aliphatic heterocycles. The lowest BCUT2D eigenvalue weighted by Crippen LogP contribution is -2.72. The third-order valence-corrected chi connectivity index (χ3v) is 8.49. The maximum Gasteiger partial charge on any atom is 0.200 e. The molecule has 3 aliphatic carbocycles. The van der Waals surface area contributed by atoms with E-state index in [2.05, 4.69) is 6.58 Å². The van der Waals surface area contributed by atoms with E-state index < -0.39 is 28.1 Å². The number of fused-ring (bicyclic) bond motifs is 1. The molecule has 6 rings (SSSR count). The highest BCUT2D eigenvalue weighted by molar-refractivity contribution is 6.18. The van der Waals surface area contributed by atoms with Crippen molar-refractivity contribution in [2.24, 2.45) is 11.8 Å². The van der Waals surface area contributed by atoms with Crippen LogP contribution in [-0.2, 0) is 14.9 Å². The molecule has 5 aliphatic rings. The Labute approximate surface area is 206 Å². The number of ketones is 2. The molecule has 0 radical (unpaired) electrons. The fraction of sp³-hybridized carbons (Fsp3) is 0.517. The van der Waals surface area contributed by atoms with Crippen LogP contribution >= 0.6 is 0 Å². The van der Waals surface area contributed by atoms with Crippen LogP contribution in [0.2, 0.25) is 0 Å². The molecular formula is C29H34O6. The Bertz CT molecular complexity index is 1240. The average Bonchev–Trinajstić information content (AvgIpc) is 2.94. The standard InChI is InChI=1S/C29H34O6/c1-9-26(4,5)22-19(33-8)14-18(30)21-23(31)17-12-16-13-20-27(6,7)35-28(25(16)32,11-10-15(2)3)29(17,20)34-24(21)22/h9-10,12,14,16,20,30H,1,11,13H2,2-8H3/t16-,20+,28+,29-/m0/s1. The number of phenolic OH excluding ortho intramolecular Hbond substituents is 1. The predicted octanol–water partition coefficient (Wildman–Crippen LogP) is 5.23. The van der Waals surface area contributed by atoms with Crippen molar-refractivity contribution in [1.29, 1.82) is 0 Å². The second-order valence-corrected chi connectivity index (χ2v) is 11.6. The van der Waals surface area contributed by atoms with Gasteiger partial charge < -0.3 is 19.3 Å². The zero-order chi connectivity index (χ0) is 25.7. The summed E-state index contributed by atoms with van der Waals surface area (Å²) in [4.78, 5) is 28.2. The second kappa shape index (κ2) is 7.10. The SMILES string of the molecule is C=CC(C)(C)c1c(OC)cc(O)c2c1O[C@@]13C(=C[C@H]4C[C@@H]1C(C)(C)O[C@]3(CC=C(C)C)C4=O)C2=O. The van der Waals surface area contributed by atoms with E-state index in [1.807, 2.05) is 47.6 Å². The summed E-state index contributed by atoms with van der Waals surface area (Å²) in [6.07, 6.45) is 6.36. The summed E-state index contributed by atoms with van der Waals surface area (Å²) in [6.45, 7) is 15.8. The minimum absolute atomic E-state index is 0.0477. The fourth-order valence-electron chi connectivity index (χ4n) is 6.79. The van der Waals surface area contributed by atoms with Crippen molar-refractivity contribution < 1.29 is 28.9 Å². The lowest BCUT2D eigenvalue weighted by Gasteiger charge is -2.56. The lowest BCUT2D eigenvalue weighted by molar-refractivity contribution is -0.171. The number of Topliss-reactive ketones (excluding diaryl/α,β-unsaturated/α-hetero) is 2. The largest absolute Gasteiger partial charge is 0.507 e. The molecule has 2 heterocycles. The molecule has 2 fully saturated rings. The Morgan fingerprint density at radius 2 is 2.00 bits per heavy atom. The van der Waals surface area contributed by atoms with Gasteiger partial charge in [-0.05, 0) is 34.1 Å². The van der Waals surface area contributed by atoms with Crippen LogP contribution in [0.3, 0.4) is 0 Å². The van der Waals surface area contributed by atoms with Gasteiger partial charge >= 0.3 is 0 Å². The lowest BCUT2D eigenvalue weighted by atomic mass is 9.51. The number of phenols is 1. The molecule has 0 aromatic heterocycles. The highest BCUT2D eigenvalue weighted by Gasteiger charge is 2.81. The molecule has 1 saturated carbocycles. The topological polar surface area (TPSA) is 82.1 Å². The Morgan fingerprint density at radius 3 is 2.60 bits per heavy atom.